The van der Waals surface area contributed by atoms with Crippen molar-refractivity contribution in [2.45, 2.75) is 20.3 Å². The van der Waals surface area contributed by atoms with E-state index >= 15 is 0 Å². The molecule has 0 aliphatic heterocycles. The van der Waals surface area contributed by atoms with Crippen molar-refractivity contribution < 1.29 is 19.1 Å². The molecule has 0 atom stereocenters. The van der Waals surface area contributed by atoms with Gasteiger partial charge in [0, 0.05) is 17.8 Å². The van der Waals surface area contributed by atoms with Gasteiger partial charge >= 0.3 is 0 Å². The number of hydrogen-bond acceptors (Lipinski definition) is 5. The molecular weight excluding hydrogens is 418 g/mol. The van der Waals surface area contributed by atoms with Crippen LogP contribution in [0.4, 0.5) is 17.1 Å². The van der Waals surface area contributed by atoms with E-state index in [1.54, 1.807) is 19.1 Å². The molecule has 0 spiro atoms. The summed E-state index contributed by atoms with van der Waals surface area (Å²) in [7, 11) is 0. The predicted molar refractivity (Wildman–Crippen MR) is 131 cm³/mol. The Morgan fingerprint density at radius 2 is 1.33 bits per heavy atom. The minimum Gasteiger partial charge on any atom is -0.490 e. The van der Waals surface area contributed by atoms with E-state index in [2.05, 4.69) is 16.0 Å². The molecular formula is C26H29N3O4. The number of nitrogens with one attached hydrogen (secondary N) is 3. The maximum Gasteiger partial charge on any atom is 0.243 e. The van der Waals surface area contributed by atoms with Crippen LogP contribution >= 0.6 is 0 Å². The van der Waals surface area contributed by atoms with E-state index in [1.807, 2.05) is 67.6 Å². The Morgan fingerprint density at radius 1 is 0.727 bits per heavy atom. The maximum atomic E-state index is 12.5. The van der Waals surface area contributed by atoms with Crippen molar-refractivity contribution in [2.24, 2.45) is 0 Å². The quantitative estimate of drug-likeness (QED) is 0.366. The van der Waals surface area contributed by atoms with Crippen LogP contribution in [-0.2, 0) is 9.59 Å². The molecule has 2 amide bonds. The standard InChI is InChI=1S/C26H29N3O4/c1-3-25(30)28-21-13-9-14-22(19(21)2)29-26(31)18-27-23-12-7-8-15-24(23)33-17-16-32-20-10-5-4-6-11-20/h4-15,27H,3,16-18H2,1-2H3,(H,28,30)(H,29,31). The molecule has 0 fully saturated rings. The van der Waals surface area contributed by atoms with Crippen molar-refractivity contribution in [1.29, 1.82) is 0 Å². The lowest BCUT2D eigenvalue weighted by atomic mass is 10.1. The zero-order valence-electron chi connectivity index (χ0n) is 18.9. The number of carbonyl (C=O) groups excluding carboxylic acids is 2. The summed E-state index contributed by atoms with van der Waals surface area (Å²) in [5, 5.41) is 8.85. The van der Waals surface area contributed by atoms with Crippen molar-refractivity contribution in [3.63, 3.8) is 0 Å². The minimum absolute atomic E-state index is 0.0614. The molecule has 0 aliphatic rings. The zero-order chi connectivity index (χ0) is 23.5. The van der Waals surface area contributed by atoms with Crippen molar-refractivity contribution in [1.82, 2.24) is 0 Å². The second kappa shape index (κ2) is 12.1. The van der Waals surface area contributed by atoms with Crippen LogP contribution in [0.25, 0.3) is 0 Å². The molecule has 7 nitrogen and oxygen atoms in total. The summed E-state index contributed by atoms with van der Waals surface area (Å²) in [6, 6.07) is 22.4. The first kappa shape index (κ1) is 23.7. The average Bonchev–Trinajstić information content (AvgIpc) is 2.84. The molecule has 172 valence electrons. The lowest BCUT2D eigenvalue weighted by Crippen LogP contribution is -2.23. The largest absolute Gasteiger partial charge is 0.490 e. The van der Waals surface area contributed by atoms with Crippen LogP contribution in [0.2, 0.25) is 0 Å². The summed E-state index contributed by atoms with van der Waals surface area (Å²) in [6.07, 6.45) is 0.389. The summed E-state index contributed by atoms with van der Waals surface area (Å²) >= 11 is 0. The number of hydrogen-bond donors (Lipinski definition) is 3. The number of rotatable bonds is 11. The molecule has 0 heterocycles. The molecule has 0 aromatic heterocycles. The van der Waals surface area contributed by atoms with Crippen LogP contribution in [-0.4, -0.2) is 31.6 Å². The summed E-state index contributed by atoms with van der Waals surface area (Å²) in [5.74, 6) is 1.15. The number of ether oxygens (including phenoxy) is 2. The highest BCUT2D eigenvalue weighted by Crippen LogP contribution is 2.25. The molecule has 0 unspecified atom stereocenters. The van der Waals surface area contributed by atoms with Crippen molar-refractivity contribution >= 4 is 28.9 Å². The molecule has 3 N–H and O–H groups in total. The van der Waals surface area contributed by atoms with Gasteiger partial charge in [0.15, 0.2) is 0 Å². The van der Waals surface area contributed by atoms with E-state index in [1.165, 1.54) is 0 Å². The Labute approximate surface area is 194 Å². The highest BCUT2D eigenvalue weighted by Gasteiger charge is 2.10. The number of carbonyl (C=O) groups is 2. The first-order valence-electron chi connectivity index (χ1n) is 10.9. The van der Waals surface area contributed by atoms with Gasteiger partial charge in [0.1, 0.15) is 24.7 Å². The van der Waals surface area contributed by atoms with Gasteiger partial charge in [0.25, 0.3) is 0 Å². The molecule has 0 aliphatic carbocycles. The third-order valence-electron chi connectivity index (χ3n) is 4.88. The first-order chi connectivity index (χ1) is 16.1. The Bertz CT molecular complexity index is 1070. The summed E-state index contributed by atoms with van der Waals surface area (Å²) in [5.41, 5.74) is 2.85. The van der Waals surface area contributed by atoms with E-state index in [-0.39, 0.29) is 18.4 Å². The van der Waals surface area contributed by atoms with E-state index in [0.717, 1.165) is 11.3 Å². The Balaban J connectivity index is 1.51. The lowest BCUT2D eigenvalue weighted by Gasteiger charge is -2.15. The molecule has 3 aromatic carbocycles. The topological polar surface area (TPSA) is 88.7 Å². The van der Waals surface area contributed by atoms with Crippen LogP contribution in [0.3, 0.4) is 0 Å². The van der Waals surface area contributed by atoms with Gasteiger partial charge in [-0.2, -0.15) is 0 Å². The van der Waals surface area contributed by atoms with Gasteiger partial charge in [-0.25, -0.2) is 0 Å². The fourth-order valence-electron chi connectivity index (χ4n) is 3.08. The van der Waals surface area contributed by atoms with Crippen LogP contribution < -0.4 is 25.4 Å². The monoisotopic (exact) mass is 447 g/mol. The number of anilines is 3. The highest BCUT2D eigenvalue weighted by molar-refractivity contribution is 5.97. The van der Waals surface area contributed by atoms with Gasteiger partial charge in [-0.15, -0.1) is 0 Å². The molecule has 33 heavy (non-hydrogen) atoms. The maximum absolute atomic E-state index is 12.5. The van der Waals surface area contributed by atoms with E-state index < -0.39 is 0 Å². The third-order valence-corrected chi connectivity index (χ3v) is 4.88. The van der Waals surface area contributed by atoms with Gasteiger partial charge in [-0.1, -0.05) is 43.3 Å². The fourth-order valence-corrected chi connectivity index (χ4v) is 3.08. The summed E-state index contributed by atoms with van der Waals surface area (Å²) < 4.78 is 11.5. The van der Waals surface area contributed by atoms with Gasteiger partial charge in [-0.3, -0.25) is 9.59 Å². The molecule has 3 rings (SSSR count). The molecule has 7 heteroatoms. The minimum atomic E-state index is -0.209. The van der Waals surface area contributed by atoms with Crippen molar-refractivity contribution in [2.75, 3.05) is 35.7 Å². The second-order valence-electron chi connectivity index (χ2n) is 7.29. The number of amides is 2. The normalized spacial score (nSPS) is 10.2. The fraction of sp³-hybridized carbons (Fsp3) is 0.231. The predicted octanol–water partition coefficient (Wildman–Crippen LogP) is 4.85. The highest BCUT2D eigenvalue weighted by atomic mass is 16.5. The zero-order valence-corrected chi connectivity index (χ0v) is 18.9. The van der Waals surface area contributed by atoms with Crippen LogP contribution in [0.1, 0.15) is 18.9 Å². The molecule has 0 saturated heterocycles. The molecule has 0 bridgehead atoms. The van der Waals surface area contributed by atoms with Crippen LogP contribution in [0.15, 0.2) is 72.8 Å². The average molecular weight is 448 g/mol. The number of benzene rings is 3. The van der Waals surface area contributed by atoms with E-state index in [9.17, 15) is 9.59 Å². The van der Waals surface area contributed by atoms with E-state index in [4.69, 9.17) is 9.47 Å². The lowest BCUT2D eigenvalue weighted by molar-refractivity contribution is -0.116. The Morgan fingerprint density at radius 3 is 2.06 bits per heavy atom. The molecule has 3 aromatic rings. The number of para-hydroxylation sites is 3. The summed E-state index contributed by atoms with van der Waals surface area (Å²) in [6.45, 7) is 4.49. The SMILES string of the molecule is CCC(=O)Nc1cccc(NC(=O)CNc2ccccc2OCCOc2ccccc2)c1C. The molecule has 0 radical (unpaired) electrons. The van der Waals surface area contributed by atoms with Gasteiger partial charge in [0.2, 0.25) is 11.8 Å². The second-order valence-corrected chi connectivity index (χ2v) is 7.29. The van der Waals surface area contributed by atoms with Crippen LogP contribution in [0.5, 0.6) is 11.5 Å². The smallest absolute Gasteiger partial charge is 0.243 e. The van der Waals surface area contributed by atoms with Crippen LogP contribution in [0, 0.1) is 6.92 Å². The third kappa shape index (κ3) is 7.28. The van der Waals surface area contributed by atoms with Crippen molar-refractivity contribution in [3.8, 4) is 11.5 Å². The Kier molecular flexibility index (Phi) is 8.71. The van der Waals surface area contributed by atoms with Gasteiger partial charge < -0.3 is 25.4 Å². The van der Waals surface area contributed by atoms with Gasteiger partial charge in [0.05, 0.1) is 12.2 Å². The Hall–Kier alpha value is -4.00. The summed E-state index contributed by atoms with van der Waals surface area (Å²) in [4.78, 5) is 24.2. The van der Waals surface area contributed by atoms with E-state index in [0.29, 0.717) is 42.4 Å². The first-order valence-corrected chi connectivity index (χ1v) is 10.9. The van der Waals surface area contributed by atoms with Gasteiger partial charge in [-0.05, 0) is 48.9 Å². The molecule has 0 saturated carbocycles. The van der Waals surface area contributed by atoms with Crippen molar-refractivity contribution in [3.05, 3.63) is 78.4 Å².